The number of hydrogen-bond donors (Lipinski definition) is 0. The van der Waals surface area contributed by atoms with Gasteiger partial charge in [-0.25, -0.2) is 0 Å². The summed E-state index contributed by atoms with van der Waals surface area (Å²) in [5.74, 6) is 2.56. The van der Waals surface area contributed by atoms with Crippen molar-refractivity contribution in [2.24, 2.45) is 0 Å². The van der Waals surface area contributed by atoms with Crippen molar-refractivity contribution in [3.8, 4) is 5.75 Å². The van der Waals surface area contributed by atoms with Gasteiger partial charge in [-0.2, -0.15) is 11.8 Å². The fraction of sp³-hybridized carbons (Fsp3) is 0.667. The SMILES string of the molecule is CC(COc1ccc(C(C)(C)C)cc1)OCC(C)SCCCl. The summed E-state index contributed by atoms with van der Waals surface area (Å²) in [6, 6.07) is 8.33. The van der Waals surface area contributed by atoms with E-state index in [0.717, 1.165) is 18.1 Å². The first-order chi connectivity index (χ1) is 10.3. The van der Waals surface area contributed by atoms with Gasteiger partial charge in [0.2, 0.25) is 0 Å². The second-order valence-electron chi connectivity index (χ2n) is 6.60. The molecule has 0 aliphatic carbocycles. The van der Waals surface area contributed by atoms with E-state index in [-0.39, 0.29) is 11.5 Å². The van der Waals surface area contributed by atoms with Crippen LogP contribution in [0.2, 0.25) is 0 Å². The monoisotopic (exact) mass is 344 g/mol. The summed E-state index contributed by atoms with van der Waals surface area (Å²) in [6.45, 7) is 12.1. The van der Waals surface area contributed by atoms with Crippen LogP contribution >= 0.6 is 23.4 Å². The Morgan fingerprint density at radius 2 is 1.73 bits per heavy atom. The average molecular weight is 345 g/mol. The highest BCUT2D eigenvalue weighted by molar-refractivity contribution is 7.99. The summed E-state index contributed by atoms with van der Waals surface area (Å²) in [5.41, 5.74) is 1.49. The largest absolute Gasteiger partial charge is 0.491 e. The van der Waals surface area contributed by atoms with Crippen LogP contribution < -0.4 is 4.74 Å². The topological polar surface area (TPSA) is 18.5 Å². The van der Waals surface area contributed by atoms with Crippen LogP contribution in [0.4, 0.5) is 0 Å². The van der Waals surface area contributed by atoms with E-state index in [9.17, 15) is 0 Å². The first kappa shape index (κ1) is 19.7. The molecule has 0 amide bonds. The van der Waals surface area contributed by atoms with E-state index in [4.69, 9.17) is 21.1 Å². The lowest BCUT2D eigenvalue weighted by Crippen LogP contribution is -2.22. The predicted molar refractivity (Wildman–Crippen MR) is 98.7 cm³/mol. The van der Waals surface area contributed by atoms with Crippen LogP contribution in [0.5, 0.6) is 5.75 Å². The molecule has 1 rings (SSSR count). The summed E-state index contributed by atoms with van der Waals surface area (Å²) in [7, 11) is 0. The number of thioether (sulfide) groups is 1. The molecule has 0 N–H and O–H groups in total. The normalized spacial score (nSPS) is 14.6. The molecule has 0 fully saturated rings. The van der Waals surface area contributed by atoms with Gasteiger partial charge in [-0.1, -0.05) is 39.8 Å². The molecule has 0 radical (unpaired) electrons. The fourth-order valence-corrected chi connectivity index (χ4v) is 2.84. The highest BCUT2D eigenvalue weighted by atomic mass is 35.5. The van der Waals surface area contributed by atoms with Gasteiger partial charge < -0.3 is 9.47 Å². The third-order valence-corrected chi connectivity index (χ3v) is 4.86. The molecular weight excluding hydrogens is 316 g/mol. The zero-order valence-corrected chi connectivity index (χ0v) is 16.0. The second-order valence-corrected chi connectivity index (χ2v) is 8.52. The standard InChI is InChI=1S/C18H29ClO2S/c1-14(20-13-15(2)22-11-10-19)12-21-17-8-6-16(7-9-17)18(3,4)5/h6-9,14-15H,10-13H2,1-5H3. The van der Waals surface area contributed by atoms with Crippen molar-refractivity contribution in [3.63, 3.8) is 0 Å². The smallest absolute Gasteiger partial charge is 0.119 e. The number of halogens is 1. The van der Waals surface area contributed by atoms with Gasteiger partial charge in [0, 0.05) is 16.9 Å². The van der Waals surface area contributed by atoms with E-state index in [1.54, 1.807) is 0 Å². The maximum Gasteiger partial charge on any atom is 0.119 e. The van der Waals surface area contributed by atoms with Crippen molar-refractivity contribution in [1.82, 2.24) is 0 Å². The van der Waals surface area contributed by atoms with Crippen LogP contribution in [0.3, 0.4) is 0 Å². The van der Waals surface area contributed by atoms with Gasteiger partial charge in [0.1, 0.15) is 12.4 Å². The number of ether oxygens (including phenoxy) is 2. The van der Waals surface area contributed by atoms with Crippen LogP contribution in [-0.2, 0) is 10.2 Å². The third kappa shape index (κ3) is 7.75. The molecule has 0 saturated heterocycles. The summed E-state index contributed by atoms with van der Waals surface area (Å²) in [4.78, 5) is 0. The molecule has 0 aliphatic heterocycles. The minimum Gasteiger partial charge on any atom is -0.491 e. The molecule has 0 aromatic heterocycles. The molecule has 22 heavy (non-hydrogen) atoms. The van der Waals surface area contributed by atoms with Crippen molar-refractivity contribution in [1.29, 1.82) is 0 Å². The summed E-state index contributed by atoms with van der Waals surface area (Å²) in [6.07, 6.45) is 0.0846. The molecule has 0 saturated carbocycles. The van der Waals surface area contributed by atoms with Crippen molar-refractivity contribution >= 4 is 23.4 Å². The quantitative estimate of drug-likeness (QED) is 0.579. The molecular formula is C18H29ClO2S. The second kappa shape index (κ2) is 9.69. The van der Waals surface area contributed by atoms with Gasteiger partial charge in [0.15, 0.2) is 0 Å². The Morgan fingerprint density at radius 1 is 1.09 bits per heavy atom. The first-order valence-corrected chi connectivity index (χ1v) is 9.43. The van der Waals surface area contributed by atoms with Crippen LogP contribution in [0.1, 0.15) is 40.2 Å². The molecule has 0 heterocycles. The Morgan fingerprint density at radius 3 is 2.27 bits per heavy atom. The molecule has 1 aromatic carbocycles. The maximum absolute atomic E-state index is 5.81. The number of rotatable bonds is 9. The summed E-state index contributed by atoms with van der Waals surface area (Å²) < 4.78 is 11.6. The van der Waals surface area contributed by atoms with Gasteiger partial charge >= 0.3 is 0 Å². The van der Waals surface area contributed by atoms with Crippen molar-refractivity contribution in [2.45, 2.75) is 51.4 Å². The minimum absolute atomic E-state index is 0.0846. The first-order valence-electron chi connectivity index (χ1n) is 7.85. The molecule has 2 atom stereocenters. The highest BCUT2D eigenvalue weighted by Gasteiger charge is 2.13. The van der Waals surface area contributed by atoms with Gasteiger partial charge in [0.05, 0.1) is 12.7 Å². The molecule has 0 spiro atoms. The van der Waals surface area contributed by atoms with Gasteiger partial charge in [-0.15, -0.1) is 11.6 Å². The number of hydrogen-bond acceptors (Lipinski definition) is 3. The Hall–Kier alpha value is -0.380. The van der Waals surface area contributed by atoms with E-state index in [0.29, 0.717) is 17.7 Å². The molecule has 4 heteroatoms. The Bertz CT molecular complexity index is 414. The van der Waals surface area contributed by atoms with Crippen molar-refractivity contribution in [3.05, 3.63) is 29.8 Å². The van der Waals surface area contributed by atoms with Crippen LogP contribution in [0.15, 0.2) is 24.3 Å². The molecule has 2 nitrogen and oxygen atoms in total. The van der Waals surface area contributed by atoms with E-state index < -0.39 is 0 Å². The molecule has 2 unspecified atom stereocenters. The fourth-order valence-electron chi connectivity index (χ4n) is 1.91. The van der Waals surface area contributed by atoms with E-state index in [1.807, 2.05) is 30.8 Å². The van der Waals surface area contributed by atoms with E-state index in [1.165, 1.54) is 5.56 Å². The highest BCUT2D eigenvalue weighted by Crippen LogP contribution is 2.24. The lowest BCUT2D eigenvalue weighted by molar-refractivity contribution is 0.0346. The lowest BCUT2D eigenvalue weighted by atomic mass is 9.87. The van der Waals surface area contributed by atoms with E-state index >= 15 is 0 Å². The zero-order chi connectivity index (χ0) is 16.6. The van der Waals surface area contributed by atoms with Crippen molar-refractivity contribution < 1.29 is 9.47 Å². The summed E-state index contributed by atoms with van der Waals surface area (Å²) in [5, 5.41) is 0.465. The van der Waals surface area contributed by atoms with Crippen molar-refractivity contribution in [2.75, 3.05) is 24.8 Å². The maximum atomic E-state index is 5.81. The molecule has 1 aromatic rings. The average Bonchev–Trinajstić information content (AvgIpc) is 2.48. The Balaban J connectivity index is 2.30. The van der Waals surface area contributed by atoms with Gasteiger partial charge in [0.25, 0.3) is 0 Å². The predicted octanol–water partition coefficient (Wildman–Crippen LogP) is 5.13. The minimum atomic E-state index is 0.0846. The van der Waals surface area contributed by atoms with Gasteiger partial charge in [-0.3, -0.25) is 0 Å². The molecule has 0 bridgehead atoms. The Labute approximate surface area is 144 Å². The summed E-state index contributed by atoms with van der Waals surface area (Å²) >= 11 is 7.52. The van der Waals surface area contributed by atoms with Crippen LogP contribution in [-0.4, -0.2) is 36.2 Å². The van der Waals surface area contributed by atoms with E-state index in [2.05, 4.69) is 39.8 Å². The Kier molecular flexibility index (Phi) is 8.66. The molecule has 126 valence electrons. The lowest BCUT2D eigenvalue weighted by Gasteiger charge is -2.20. The van der Waals surface area contributed by atoms with Crippen LogP contribution in [0, 0.1) is 0 Å². The molecule has 0 aliphatic rings. The number of alkyl halides is 1. The zero-order valence-electron chi connectivity index (χ0n) is 14.4. The van der Waals surface area contributed by atoms with Crippen LogP contribution in [0.25, 0.3) is 0 Å². The third-order valence-electron chi connectivity index (χ3n) is 3.30. The van der Waals surface area contributed by atoms with Gasteiger partial charge in [-0.05, 0) is 30.0 Å². The number of benzene rings is 1.